The van der Waals surface area contributed by atoms with E-state index >= 15 is 0 Å². The number of hydrogen-bond acceptors (Lipinski definition) is 3. The van der Waals surface area contributed by atoms with Gasteiger partial charge in [0.15, 0.2) is 0 Å². The monoisotopic (exact) mass is 700 g/mol. The number of fused-ring (bicyclic) bond motifs is 10. The van der Waals surface area contributed by atoms with Crippen molar-refractivity contribution in [1.82, 2.24) is 9.13 Å². The predicted octanol–water partition coefficient (Wildman–Crippen LogP) is 12.9. The largest absolute Gasteiger partial charge is 0.455 e. The fourth-order valence-electron chi connectivity index (χ4n) is 8.51. The van der Waals surface area contributed by atoms with E-state index in [9.17, 15) is 10.5 Å². The molecule has 3 aromatic heterocycles. The zero-order valence-corrected chi connectivity index (χ0v) is 29.4. The van der Waals surface area contributed by atoms with Crippen LogP contribution in [0.5, 0.6) is 0 Å². The average Bonchev–Trinajstić information content (AvgIpc) is 3.91. The van der Waals surface area contributed by atoms with Crippen molar-refractivity contribution >= 4 is 65.6 Å². The Bertz CT molecular complexity index is 3370. The summed E-state index contributed by atoms with van der Waals surface area (Å²) in [5.74, 6) is 0. The summed E-state index contributed by atoms with van der Waals surface area (Å²) in [6, 6.07) is 63.3. The number of nitriles is 2. The van der Waals surface area contributed by atoms with Gasteiger partial charge in [0, 0.05) is 38.3 Å². The van der Waals surface area contributed by atoms with Gasteiger partial charge < -0.3 is 13.6 Å². The van der Waals surface area contributed by atoms with Crippen LogP contribution in [0.1, 0.15) is 11.1 Å². The molecule has 0 spiro atoms. The third-order valence-electron chi connectivity index (χ3n) is 10.9. The minimum absolute atomic E-state index is 0.466. The lowest BCUT2D eigenvalue weighted by molar-refractivity contribution is 0.673. The van der Waals surface area contributed by atoms with Crippen LogP contribution in [0.25, 0.3) is 99.2 Å². The van der Waals surface area contributed by atoms with Gasteiger partial charge in [-0.3, -0.25) is 0 Å². The molecular formula is C50H28N4O. The summed E-state index contributed by atoms with van der Waals surface area (Å²) in [7, 11) is 0. The Hall–Kier alpha value is -7.86. The van der Waals surface area contributed by atoms with Crippen LogP contribution in [-0.2, 0) is 0 Å². The van der Waals surface area contributed by atoms with Crippen molar-refractivity contribution in [2.75, 3.05) is 0 Å². The second-order valence-electron chi connectivity index (χ2n) is 14.0. The number of furan rings is 1. The first-order valence-electron chi connectivity index (χ1n) is 18.2. The van der Waals surface area contributed by atoms with E-state index in [1.165, 1.54) is 10.8 Å². The molecule has 11 rings (SSSR count). The van der Waals surface area contributed by atoms with E-state index in [2.05, 4.69) is 161 Å². The van der Waals surface area contributed by atoms with Gasteiger partial charge in [0.25, 0.3) is 0 Å². The van der Waals surface area contributed by atoms with Gasteiger partial charge in [-0.2, -0.15) is 10.5 Å². The fraction of sp³-hybridized carbons (Fsp3) is 0. The molecule has 0 atom stereocenters. The molecule has 0 N–H and O–H groups in total. The van der Waals surface area contributed by atoms with E-state index in [4.69, 9.17) is 4.42 Å². The summed E-state index contributed by atoms with van der Waals surface area (Å²) in [5.41, 5.74) is 13.1. The van der Waals surface area contributed by atoms with Gasteiger partial charge in [-0.15, -0.1) is 0 Å². The van der Waals surface area contributed by atoms with Crippen molar-refractivity contribution < 1.29 is 4.42 Å². The normalized spacial score (nSPS) is 11.6. The quantitative estimate of drug-likeness (QED) is 0.183. The van der Waals surface area contributed by atoms with E-state index in [-0.39, 0.29) is 0 Å². The van der Waals surface area contributed by atoms with Crippen molar-refractivity contribution in [2.24, 2.45) is 0 Å². The lowest BCUT2D eigenvalue weighted by Gasteiger charge is -2.16. The summed E-state index contributed by atoms with van der Waals surface area (Å²) < 4.78 is 11.4. The van der Waals surface area contributed by atoms with Crippen molar-refractivity contribution in [1.29, 1.82) is 10.5 Å². The van der Waals surface area contributed by atoms with Crippen LogP contribution in [0.4, 0.5) is 0 Å². The molecule has 0 radical (unpaired) electrons. The van der Waals surface area contributed by atoms with Crippen LogP contribution in [0.3, 0.4) is 0 Å². The second kappa shape index (κ2) is 11.8. The fourth-order valence-corrected chi connectivity index (χ4v) is 8.51. The Balaban J connectivity index is 1.19. The average molecular weight is 701 g/mol. The van der Waals surface area contributed by atoms with Crippen LogP contribution in [0, 0.1) is 22.7 Å². The molecule has 0 saturated heterocycles. The van der Waals surface area contributed by atoms with Crippen molar-refractivity contribution in [3.8, 4) is 45.8 Å². The summed E-state index contributed by atoms with van der Waals surface area (Å²) >= 11 is 0. The first kappa shape index (κ1) is 30.7. The van der Waals surface area contributed by atoms with Gasteiger partial charge in [0.1, 0.15) is 11.2 Å². The minimum Gasteiger partial charge on any atom is -0.455 e. The molecule has 8 aromatic carbocycles. The van der Waals surface area contributed by atoms with Crippen LogP contribution >= 0.6 is 0 Å². The highest BCUT2D eigenvalue weighted by atomic mass is 16.3. The minimum atomic E-state index is 0.466. The molecule has 3 heterocycles. The molecule has 5 heteroatoms. The number of aromatic nitrogens is 2. The van der Waals surface area contributed by atoms with Gasteiger partial charge in [0.2, 0.25) is 0 Å². The first-order valence-corrected chi connectivity index (χ1v) is 18.2. The number of benzene rings is 8. The Labute approximate surface area is 315 Å². The molecule has 5 nitrogen and oxygen atoms in total. The topological polar surface area (TPSA) is 70.6 Å². The second-order valence-corrected chi connectivity index (χ2v) is 14.0. The smallest absolute Gasteiger partial charge is 0.145 e. The molecule has 0 amide bonds. The lowest BCUT2D eigenvalue weighted by Crippen LogP contribution is -2.00. The van der Waals surface area contributed by atoms with Crippen molar-refractivity contribution in [2.45, 2.75) is 0 Å². The van der Waals surface area contributed by atoms with E-state index in [0.717, 1.165) is 88.4 Å². The predicted molar refractivity (Wildman–Crippen MR) is 223 cm³/mol. The van der Waals surface area contributed by atoms with E-state index < -0.39 is 0 Å². The van der Waals surface area contributed by atoms with E-state index in [1.54, 1.807) is 6.07 Å². The third kappa shape index (κ3) is 4.64. The van der Waals surface area contributed by atoms with E-state index in [0.29, 0.717) is 11.1 Å². The van der Waals surface area contributed by atoms with Crippen LogP contribution in [-0.4, -0.2) is 9.13 Å². The van der Waals surface area contributed by atoms with E-state index in [1.807, 2.05) is 24.3 Å². The van der Waals surface area contributed by atoms with Gasteiger partial charge in [-0.1, -0.05) is 97.1 Å². The maximum atomic E-state index is 9.61. The maximum absolute atomic E-state index is 9.61. The number of para-hydroxylation sites is 4. The number of hydrogen-bond donors (Lipinski definition) is 0. The van der Waals surface area contributed by atoms with Gasteiger partial charge >= 0.3 is 0 Å². The molecule has 0 aliphatic carbocycles. The molecule has 0 bridgehead atoms. The first-order chi connectivity index (χ1) is 27.2. The highest BCUT2D eigenvalue weighted by Gasteiger charge is 2.20. The molecule has 0 saturated carbocycles. The maximum Gasteiger partial charge on any atom is 0.145 e. The number of rotatable bonds is 4. The molecule has 0 fully saturated rings. The highest BCUT2D eigenvalue weighted by molar-refractivity contribution is 6.24. The zero-order valence-electron chi connectivity index (χ0n) is 29.4. The van der Waals surface area contributed by atoms with Crippen molar-refractivity contribution in [3.63, 3.8) is 0 Å². The highest BCUT2D eigenvalue weighted by Crippen LogP contribution is 2.42. The molecule has 11 aromatic rings. The zero-order chi connectivity index (χ0) is 36.6. The summed E-state index contributed by atoms with van der Waals surface area (Å²) in [4.78, 5) is 0. The molecular weight excluding hydrogens is 673 g/mol. The van der Waals surface area contributed by atoms with Crippen molar-refractivity contribution in [3.05, 3.63) is 181 Å². The molecule has 254 valence electrons. The SMILES string of the molecule is N#Cc1cc(C#N)cc(-c2ccc(-c3cc(-n4c5ccccc5c5ccccc54)cc(-n4c5ccccc5c5c6oc7ccccc7c6ccc54)c3)cc2)c1. The van der Waals surface area contributed by atoms with Gasteiger partial charge in [-0.05, 0) is 95.1 Å². The summed E-state index contributed by atoms with van der Waals surface area (Å²) in [6.45, 7) is 0. The summed E-state index contributed by atoms with van der Waals surface area (Å²) in [5, 5.41) is 26.1. The Morgan fingerprint density at radius 2 is 0.873 bits per heavy atom. The number of nitrogens with zero attached hydrogens (tertiary/aromatic N) is 4. The lowest BCUT2D eigenvalue weighted by atomic mass is 9.97. The standard InChI is InChI=1S/C50H28N4O/c51-29-31-23-32(30-52)25-35(24-31)33-17-19-34(20-18-33)36-26-37(53-44-13-5-1-9-39(44)40-10-2-6-14-45(40)53)28-38(27-36)54-46-15-7-3-12-43(46)49-47(54)22-21-42-41-11-4-8-16-48(41)55-50(42)49/h1-28H. The molecule has 0 aliphatic heterocycles. The Kier molecular flexibility index (Phi) is 6.61. The van der Waals surface area contributed by atoms with Crippen LogP contribution in [0.15, 0.2) is 174 Å². The Morgan fingerprint density at radius 1 is 0.382 bits per heavy atom. The summed E-state index contributed by atoms with van der Waals surface area (Å²) in [6.07, 6.45) is 0. The van der Waals surface area contributed by atoms with Gasteiger partial charge in [-0.25, -0.2) is 0 Å². The van der Waals surface area contributed by atoms with Gasteiger partial charge in [0.05, 0.1) is 50.7 Å². The third-order valence-corrected chi connectivity index (χ3v) is 10.9. The van der Waals surface area contributed by atoms with Crippen LogP contribution < -0.4 is 0 Å². The van der Waals surface area contributed by atoms with Crippen LogP contribution in [0.2, 0.25) is 0 Å². The Morgan fingerprint density at radius 3 is 1.47 bits per heavy atom. The molecule has 0 unspecified atom stereocenters. The molecule has 0 aliphatic rings. The molecule has 55 heavy (non-hydrogen) atoms.